The molecule has 0 saturated heterocycles. The van der Waals surface area contributed by atoms with Crippen LogP contribution in [0.1, 0.15) is 44.0 Å². The number of halogens is 1. The van der Waals surface area contributed by atoms with Crippen LogP contribution in [0.5, 0.6) is 0 Å². The molecule has 2 rings (SSSR count). The lowest BCUT2D eigenvalue weighted by molar-refractivity contribution is 0.435. The van der Waals surface area contributed by atoms with Gasteiger partial charge >= 0.3 is 0 Å². The molecule has 0 aliphatic rings. The molecule has 0 saturated carbocycles. The lowest BCUT2D eigenvalue weighted by Gasteiger charge is -2.24. The topological polar surface area (TPSA) is 56.7 Å². The van der Waals surface area contributed by atoms with Crippen LogP contribution in [0, 0.1) is 0 Å². The summed E-state index contributed by atoms with van der Waals surface area (Å²) in [7, 11) is 0. The van der Waals surface area contributed by atoms with E-state index in [0.29, 0.717) is 0 Å². The lowest BCUT2D eigenvalue weighted by Crippen LogP contribution is -2.32. The van der Waals surface area contributed by atoms with Crippen molar-refractivity contribution in [2.75, 3.05) is 0 Å². The third kappa shape index (κ3) is 2.94. The first-order valence-corrected chi connectivity index (χ1v) is 7.82. The zero-order valence-corrected chi connectivity index (χ0v) is 13.8. The maximum atomic E-state index is 6.23. The van der Waals surface area contributed by atoms with Gasteiger partial charge in [0.2, 0.25) is 0 Å². The van der Waals surface area contributed by atoms with Crippen molar-refractivity contribution in [2.45, 2.75) is 45.7 Å². The lowest BCUT2D eigenvalue weighted by atomic mass is 10.0. The van der Waals surface area contributed by atoms with E-state index in [0.717, 1.165) is 34.5 Å². The van der Waals surface area contributed by atoms with Gasteiger partial charge < -0.3 is 5.73 Å². The highest BCUT2D eigenvalue weighted by Crippen LogP contribution is 2.28. The van der Waals surface area contributed by atoms with Crippen molar-refractivity contribution in [3.63, 3.8) is 0 Å². The first kappa shape index (κ1) is 15.2. The maximum absolute atomic E-state index is 6.23. The molecule has 0 radical (unpaired) electrons. The van der Waals surface area contributed by atoms with Crippen LogP contribution in [0.25, 0.3) is 0 Å². The molecule has 0 amide bonds. The van der Waals surface area contributed by atoms with Gasteiger partial charge in [-0.05, 0) is 18.6 Å². The van der Waals surface area contributed by atoms with Gasteiger partial charge in [-0.1, -0.05) is 48.0 Å². The zero-order valence-electron chi connectivity index (χ0n) is 12.2. The van der Waals surface area contributed by atoms with E-state index in [1.165, 1.54) is 0 Å². The van der Waals surface area contributed by atoms with Gasteiger partial charge in [0.1, 0.15) is 5.82 Å². The van der Waals surface area contributed by atoms with E-state index in [-0.39, 0.29) is 12.1 Å². The van der Waals surface area contributed by atoms with Crippen LogP contribution < -0.4 is 5.73 Å². The molecule has 2 atom stereocenters. The van der Waals surface area contributed by atoms with Crippen LogP contribution in [-0.4, -0.2) is 20.8 Å². The van der Waals surface area contributed by atoms with E-state index in [1.54, 1.807) is 0 Å². The third-order valence-electron chi connectivity index (χ3n) is 3.36. The second-order valence-corrected chi connectivity index (χ2v) is 5.78. The summed E-state index contributed by atoms with van der Waals surface area (Å²) in [4.78, 5) is 4.59. The standard InChI is InChI=1S/C15H21BrN4/c1-4-13-18-14(5-2)20(19-13)15(10(3)17)11-8-6-7-9-12(11)16/h6-10,15H,4-5,17H2,1-3H3. The number of aromatic nitrogens is 3. The summed E-state index contributed by atoms with van der Waals surface area (Å²) >= 11 is 3.62. The highest BCUT2D eigenvalue weighted by Gasteiger charge is 2.24. The molecule has 1 aromatic heterocycles. The van der Waals surface area contributed by atoms with E-state index in [4.69, 9.17) is 5.73 Å². The van der Waals surface area contributed by atoms with Gasteiger partial charge in [-0.25, -0.2) is 9.67 Å². The molecular formula is C15H21BrN4. The van der Waals surface area contributed by atoms with Crippen molar-refractivity contribution in [3.05, 3.63) is 46.0 Å². The molecule has 108 valence electrons. The number of rotatable bonds is 5. The van der Waals surface area contributed by atoms with E-state index in [2.05, 4.69) is 45.9 Å². The van der Waals surface area contributed by atoms with Gasteiger partial charge in [0.15, 0.2) is 5.82 Å². The largest absolute Gasteiger partial charge is 0.326 e. The Morgan fingerprint density at radius 2 is 1.95 bits per heavy atom. The first-order chi connectivity index (χ1) is 9.58. The van der Waals surface area contributed by atoms with Gasteiger partial charge in [0.05, 0.1) is 6.04 Å². The van der Waals surface area contributed by atoms with Gasteiger partial charge in [0.25, 0.3) is 0 Å². The minimum atomic E-state index is -0.0505. The Kier molecular flexibility index (Phi) is 4.94. The van der Waals surface area contributed by atoms with Crippen molar-refractivity contribution in [3.8, 4) is 0 Å². The summed E-state index contributed by atoms with van der Waals surface area (Å²) < 4.78 is 3.04. The highest BCUT2D eigenvalue weighted by atomic mass is 79.9. The summed E-state index contributed by atoms with van der Waals surface area (Å²) in [5.74, 6) is 1.86. The molecule has 0 fully saturated rings. The average molecular weight is 337 g/mol. The molecule has 0 bridgehead atoms. The van der Waals surface area contributed by atoms with Crippen molar-refractivity contribution >= 4 is 15.9 Å². The molecule has 20 heavy (non-hydrogen) atoms. The van der Waals surface area contributed by atoms with Crippen molar-refractivity contribution in [2.24, 2.45) is 5.73 Å². The molecule has 2 unspecified atom stereocenters. The summed E-state index contributed by atoms with van der Waals surface area (Å²) in [6, 6.07) is 8.10. The Bertz CT molecular complexity index is 577. The normalized spacial score (nSPS) is 14.2. The fourth-order valence-corrected chi connectivity index (χ4v) is 2.89. The fraction of sp³-hybridized carbons (Fsp3) is 0.467. The van der Waals surface area contributed by atoms with Gasteiger partial charge in [-0.15, -0.1) is 0 Å². The molecular weight excluding hydrogens is 316 g/mol. The van der Waals surface area contributed by atoms with Crippen molar-refractivity contribution in [1.82, 2.24) is 14.8 Å². The molecule has 0 aliphatic heterocycles. The molecule has 4 nitrogen and oxygen atoms in total. The molecule has 5 heteroatoms. The van der Waals surface area contributed by atoms with Crippen LogP contribution in [0.3, 0.4) is 0 Å². The van der Waals surface area contributed by atoms with E-state index < -0.39 is 0 Å². The zero-order chi connectivity index (χ0) is 14.7. The number of hydrogen-bond donors (Lipinski definition) is 1. The molecule has 0 spiro atoms. The number of aryl methyl sites for hydroxylation is 2. The monoisotopic (exact) mass is 336 g/mol. The summed E-state index contributed by atoms with van der Waals surface area (Å²) in [5, 5.41) is 4.64. The Morgan fingerprint density at radius 1 is 1.25 bits per heavy atom. The van der Waals surface area contributed by atoms with Crippen molar-refractivity contribution in [1.29, 1.82) is 0 Å². The van der Waals surface area contributed by atoms with Crippen molar-refractivity contribution < 1.29 is 0 Å². The van der Waals surface area contributed by atoms with Gasteiger partial charge in [-0.2, -0.15) is 5.10 Å². The minimum absolute atomic E-state index is 0.00618. The highest BCUT2D eigenvalue weighted by molar-refractivity contribution is 9.10. The Hall–Kier alpha value is -1.20. The van der Waals surface area contributed by atoms with E-state index in [9.17, 15) is 0 Å². The smallest absolute Gasteiger partial charge is 0.150 e. The maximum Gasteiger partial charge on any atom is 0.150 e. The number of hydrogen-bond acceptors (Lipinski definition) is 3. The molecule has 2 N–H and O–H groups in total. The number of benzene rings is 1. The molecule has 2 aromatic rings. The van der Waals surface area contributed by atoms with E-state index >= 15 is 0 Å². The summed E-state index contributed by atoms with van der Waals surface area (Å²) in [6.45, 7) is 6.17. The second kappa shape index (κ2) is 6.50. The second-order valence-electron chi connectivity index (χ2n) is 4.92. The van der Waals surface area contributed by atoms with E-state index in [1.807, 2.05) is 29.8 Å². The third-order valence-corrected chi connectivity index (χ3v) is 4.09. The number of nitrogens with zero attached hydrogens (tertiary/aromatic N) is 3. The average Bonchev–Trinajstić information content (AvgIpc) is 2.84. The Labute approximate surface area is 128 Å². The Balaban J connectivity index is 2.54. The minimum Gasteiger partial charge on any atom is -0.326 e. The van der Waals surface area contributed by atoms with Gasteiger partial charge in [0, 0.05) is 23.4 Å². The van der Waals surface area contributed by atoms with Gasteiger partial charge in [-0.3, -0.25) is 0 Å². The summed E-state index contributed by atoms with van der Waals surface area (Å²) in [5.41, 5.74) is 7.38. The first-order valence-electron chi connectivity index (χ1n) is 7.02. The number of nitrogens with two attached hydrogens (primary N) is 1. The SMILES string of the molecule is CCc1nc(CC)n(C(c2ccccc2Br)C(C)N)n1. The Morgan fingerprint density at radius 3 is 2.50 bits per heavy atom. The molecule has 1 aromatic carbocycles. The quantitative estimate of drug-likeness (QED) is 0.912. The van der Waals surface area contributed by atoms with Crippen LogP contribution in [0.15, 0.2) is 28.7 Å². The summed E-state index contributed by atoms with van der Waals surface area (Å²) in [6.07, 6.45) is 1.68. The van der Waals surface area contributed by atoms with Crippen LogP contribution in [0.2, 0.25) is 0 Å². The fourth-order valence-electron chi connectivity index (χ4n) is 2.37. The van der Waals surface area contributed by atoms with Crippen LogP contribution in [-0.2, 0) is 12.8 Å². The molecule has 0 aliphatic carbocycles. The van der Waals surface area contributed by atoms with Crippen LogP contribution in [0.4, 0.5) is 0 Å². The van der Waals surface area contributed by atoms with Crippen LogP contribution >= 0.6 is 15.9 Å². The predicted octanol–water partition coefficient (Wildman–Crippen LogP) is 3.10. The molecule has 1 heterocycles. The predicted molar refractivity (Wildman–Crippen MR) is 84.7 cm³/mol.